The Morgan fingerprint density at radius 3 is 1.50 bits per heavy atom. The van der Waals surface area contributed by atoms with Crippen LogP contribution in [0.2, 0.25) is 0 Å². The third kappa shape index (κ3) is 0.930. The Hall–Kier alpha value is -0.410. The van der Waals surface area contributed by atoms with Gasteiger partial charge in [0.2, 0.25) is 0 Å². The number of carbonyl (C=O) groups is 1. The molecule has 2 saturated carbocycles. The highest BCUT2D eigenvalue weighted by Crippen LogP contribution is 2.57. The van der Waals surface area contributed by atoms with Crippen LogP contribution in [0.3, 0.4) is 0 Å². The van der Waals surface area contributed by atoms with Gasteiger partial charge in [0.05, 0.1) is 24.0 Å². The quantitative estimate of drug-likeness (QED) is 0.629. The number of ketones is 1. The topological polar surface area (TPSA) is 57.5 Å². The first kappa shape index (κ1) is 8.20. The average molecular weight is 170 g/mol. The first-order chi connectivity index (χ1) is 5.69. The SMILES string of the molecule is O=C(C1(CO)CC1)C1(CO)CC1. The molecule has 0 heterocycles. The molecule has 68 valence electrons. The largest absolute Gasteiger partial charge is 0.395 e. The number of aliphatic hydroxyl groups is 2. The summed E-state index contributed by atoms with van der Waals surface area (Å²) in [6, 6.07) is 0. The van der Waals surface area contributed by atoms with Gasteiger partial charge in [-0.3, -0.25) is 4.79 Å². The van der Waals surface area contributed by atoms with E-state index in [0.29, 0.717) is 0 Å². The predicted octanol–water partition coefficient (Wildman–Crippen LogP) is 0.101. The number of Topliss-reactive ketones (excluding diaryl/α,β-unsaturated/α-hetero) is 1. The minimum atomic E-state index is -0.445. The molecule has 0 aromatic heterocycles. The molecule has 3 nitrogen and oxygen atoms in total. The molecular formula is C9H14O3. The van der Waals surface area contributed by atoms with Gasteiger partial charge in [-0.1, -0.05) is 0 Å². The van der Waals surface area contributed by atoms with Crippen molar-refractivity contribution in [2.75, 3.05) is 13.2 Å². The molecule has 12 heavy (non-hydrogen) atoms. The normalized spacial score (nSPS) is 28.2. The summed E-state index contributed by atoms with van der Waals surface area (Å²) >= 11 is 0. The van der Waals surface area contributed by atoms with Crippen molar-refractivity contribution in [3.05, 3.63) is 0 Å². The van der Waals surface area contributed by atoms with E-state index in [-0.39, 0.29) is 19.0 Å². The van der Waals surface area contributed by atoms with Crippen LogP contribution in [0.25, 0.3) is 0 Å². The first-order valence-corrected chi connectivity index (χ1v) is 4.46. The molecular weight excluding hydrogens is 156 g/mol. The summed E-state index contributed by atoms with van der Waals surface area (Å²) in [6.07, 6.45) is 3.24. The molecule has 2 N–H and O–H groups in total. The Bertz CT molecular complexity index is 192. The molecule has 0 amide bonds. The van der Waals surface area contributed by atoms with Gasteiger partial charge in [-0.15, -0.1) is 0 Å². The molecule has 0 radical (unpaired) electrons. The van der Waals surface area contributed by atoms with E-state index in [9.17, 15) is 4.79 Å². The molecule has 0 atom stereocenters. The second kappa shape index (κ2) is 2.30. The molecule has 2 aliphatic carbocycles. The Morgan fingerprint density at radius 1 is 1.00 bits per heavy atom. The summed E-state index contributed by atoms with van der Waals surface area (Å²) in [5.74, 6) is 0.111. The maximum Gasteiger partial charge on any atom is 0.149 e. The zero-order valence-electron chi connectivity index (χ0n) is 7.05. The molecule has 3 heteroatoms. The van der Waals surface area contributed by atoms with Gasteiger partial charge in [0.15, 0.2) is 0 Å². The van der Waals surface area contributed by atoms with Crippen LogP contribution in [0, 0.1) is 10.8 Å². The van der Waals surface area contributed by atoms with Crippen LogP contribution < -0.4 is 0 Å². The summed E-state index contributed by atoms with van der Waals surface area (Å²) in [5.41, 5.74) is -0.890. The zero-order valence-corrected chi connectivity index (χ0v) is 7.05. The predicted molar refractivity (Wildman–Crippen MR) is 42.5 cm³/mol. The lowest BCUT2D eigenvalue weighted by Gasteiger charge is -2.17. The van der Waals surface area contributed by atoms with Crippen LogP contribution in [0.4, 0.5) is 0 Å². The number of aliphatic hydroxyl groups excluding tert-OH is 2. The number of hydrogen-bond acceptors (Lipinski definition) is 3. The van der Waals surface area contributed by atoms with Crippen molar-refractivity contribution in [1.29, 1.82) is 0 Å². The fourth-order valence-corrected chi connectivity index (χ4v) is 1.78. The first-order valence-electron chi connectivity index (χ1n) is 4.46. The minimum absolute atomic E-state index is 0.0341. The lowest BCUT2D eigenvalue weighted by Crippen LogP contribution is -2.31. The van der Waals surface area contributed by atoms with Gasteiger partial charge in [-0.25, -0.2) is 0 Å². The monoisotopic (exact) mass is 170 g/mol. The summed E-state index contributed by atoms with van der Waals surface area (Å²) in [4.78, 5) is 11.8. The van der Waals surface area contributed by atoms with E-state index in [1.54, 1.807) is 0 Å². The molecule has 2 fully saturated rings. The maximum atomic E-state index is 11.8. The van der Waals surface area contributed by atoms with Crippen LogP contribution in [0.1, 0.15) is 25.7 Å². The van der Waals surface area contributed by atoms with Crippen molar-refractivity contribution in [3.63, 3.8) is 0 Å². The summed E-state index contributed by atoms with van der Waals surface area (Å²) in [6.45, 7) is -0.0683. The van der Waals surface area contributed by atoms with E-state index in [1.807, 2.05) is 0 Å². The molecule has 0 spiro atoms. The smallest absolute Gasteiger partial charge is 0.149 e. The highest BCUT2D eigenvalue weighted by molar-refractivity contribution is 5.94. The Balaban J connectivity index is 2.10. The van der Waals surface area contributed by atoms with Crippen molar-refractivity contribution in [3.8, 4) is 0 Å². The van der Waals surface area contributed by atoms with E-state index in [0.717, 1.165) is 25.7 Å². The number of hydrogen-bond donors (Lipinski definition) is 2. The van der Waals surface area contributed by atoms with Crippen molar-refractivity contribution in [2.45, 2.75) is 25.7 Å². The average Bonchev–Trinajstić information content (AvgIpc) is 3.00. The Labute approximate surface area is 71.4 Å². The summed E-state index contributed by atoms with van der Waals surface area (Å²) in [5, 5.41) is 18.0. The van der Waals surface area contributed by atoms with Gasteiger partial charge >= 0.3 is 0 Å². The van der Waals surface area contributed by atoms with Crippen LogP contribution >= 0.6 is 0 Å². The third-order valence-corrected chi connectivity index (χ3v) is 3.28. The van der Waals surface area contributed by atoms with Crippen LogP contribution in [-0.4, -0.2) is 29.2 Å². The molecule has 0 aromatic rings. The van der Waals surface area contributed by atoms with Crippen molar-refractivity contribution in [1.82, 2.24) is 0 Å². The van der Waals surface area contributed by atoms with Gasteiger partial charge in [-0.2, -0.15) is 0 Å². The highest BCUT2D eigenvalue weighted by Gasteiger charge is 2.61. The third-order valence-electron chi connectivity index (χ3n) is 3.28. The summed E-state index contributed by atoms with van der Waals surface area (Å²) in [7, 11) is 0. The van der Waals surface area contributed by atoms with E-state index in [4.69, 9.17) is 10.2 Å². The van der Waals surface area contributed by atoms with Gasteiger partial charge < -0.3 is 10.2 Å². The van der Waals surface area contributed by atoms with E-state index < -0.39 is 10.8 Å². The lowest BCUT2D eigenvalue weighted by molar-refractivity contribution is -0.132. The fourth-order valence-electron chi connectivity index (χ4n) is 1.78. The molecule has 0 aromatic carbocycles. The Kier molecular flexibility index (Phi) is 1.57. The summed E-state index contributed by atoms with van der Waals surface area (Å²) < 4.78 is 0. The molecule has 0 bridgehead atoms. The van der Waals surface area contributed by atoms with Crippen LogP contribution in [0.15, 0.2) is 0 Å². The van der Waals surface area contributed by atoms with Gasteiger partial charge in [0.25, 0.3) is 0 Å². The Morgan fingerprint density at radius 2 is 1.33 bits per heavy atom. The van der Waals surface area contributed by atoms with Gasteiger partial charge in [0.1, 0.15) is 5.78 Å². The molecule has 2 rings (SSSR count). The van der Waals surface area contributed by atoms with Gasteiger partial charge in [0, 0.05) is 0 Å². The minimum Gasteiger partial charge on any atom is -0.395 e. The van der Waals surface area contributed by atoms with Crippen molar-refractivity contribution < 1.29 is 15.0 Å². The zero-order chi connectivity index (χ0) is 8.82. The van der Waals surface area contributed by atoms with Crippen molar-refractivity contribution in [2.24, 2.45) is 10.8 Å². The highest BCUT2D eigenvalue weighted by atomic mass is 16.3. The van der Waals surface area contributed by atoms with E-state index >= 15 is 0 Å². The maximum absolute atomic E-state index is 11.8. The lowest BCUT2D eigenvalue weighted by atomic mass is 9.89. The second-order valence-electron chi connectivity index (χ2n) is 4.21. The number of carbonyl (C=O) groups excluding carboxylic acids is 1. The molecule has 0 aliphatic heterocycles. The van der Waals surface area contributed by atoms with Crippen LogP contribution in [0.5, 0.6) is 0 Å². The molecule has 2 aliphatic rings. The second-order valence-corrected chi connectivity index (χ2v) is 4.21. The fraction of sp³-hybridized carbons (Fsp3) is 0.889. The van der Waals surface area contributed by atoms with E-state index in [2.05, 4.69) is 0 Å². The van der Waals surface area contributed by atoms with Crippen LogP contribution in [-0.2, 0) is 4.79 Å². The molecule has 0 saturated heterocycles. The standard InChI is InChI=1S/C9H14O3/c10-5-8(1-2-8)7(12)9(6-11)3-4-9/h10-11H,1-6H2. The number of rotatable bonds is 4. The van der Waals surface area contributed by atoms with Gasteiger partial charge in [-0.05, 0) is 25.7 Å². The van der Waals surface area contributed by atoms with Crippen molar-refractivity contribution >= 4 is 5.78 Å². The molecule has 0 unspecified atom stereocenters. The van der Waals surface area contributed by atoms with E-state index in [1.165, 1.54) is 0 Å².